The van der Waals surface area contributed by atoms with Crippen molar-refractivity contribution in [1.82, 2.24) is 0 Å². The minimum absolute atomic E-state index is 0. The van der Waals surface area contributed by atoms with Gasteiger partial charge in [-0.05, 0) is 28.8 Å². The van der Waals surface area contributed by atoms with Gasteiger partial charge in [0.2, 0.25) is 0 Å². The molecule has 0 heteroatoms. The highest BCUT2D eigenvalue weighted by Crippen LogP contribution is 2.28. The Morgan fingerprint density at radius 3 is 2.28 bits per heavy atom. The van der Waals surface area contributed by atoms with Gasteiger partial charge in [-0.3, -0.25) is 0 Å². The second-order valence-electron chi connectivity index (χ2n) is 4.40. The molecule has 0 aliphatic rings. The lowest BCUT2D eigenvalue weighted by molar-refractivity contribution is 1.50. The molecule has 0 amide bonds. The zero-order valence-corrected chi connectivity index (χ0v) is 9.85. The quantitative estimate of drug-likeness (QED) is 0.525. The van der Waals surface area contributed by atoms with E-state index >= 15 is 0 Å². The van der Waals surface area contributed by atoms with Gasteiger partial charge in [-0.25, -0.2) is 0 Å². The van der Waals surface area contributed by atoms with Gasteiger partial charge in [0.1, 0.15) is 0 Å². The topological polar surface area (TPSA) is 0 Å². The van der Waals surface area contributed by atoms with Crippen molar-refractivity contribution in [3.05, 3.63) is 72.3 Å². The molecule has 0 atom stereocenters. The summed E-state index contributed by atoms with van der Waals surface area (Å²) < 4.78 is 0. The summed E-state index contributed by atoms with van der Waals surface area (Å²) >= 11 is 0. The smallest absolute Gasteiger partial charge is 0.0105 e. The van der Waals surface area contributed by atoms with E-state index in [0.717, 1.165) is 0 Å². The third-order valence-corrected chi connectivity index (χ3v) is 3.12. The lowest BCUT2D eigenvalue weighted by Gasteiger charge is -2.07. The van der Waals surface area contributed by atoms with Gasteiger partial charge in [0.05, 0.1) is 0 Å². The second kappa shape index (κ2) is 5.05. The van der Waals surface area contributed by atoms with Crippen LogP contribution in [0.5, 0.6) is 0 Å². The van der Waals surface area contributed by atoms with Crippen LogP contribution >= 0.6 is 0 Å². The monoisotopic (exact) mass is 234 g/mol. The van der Waals surface area contributed by atoms with Crippen LogP contribution in [-0.4, -0.2) is 0 Å². The van der Waals surface area contributed by atoms with E-state index in [1.165, 1.54) is 27.5 Å². The summed E-state index contributed by atoms with van der Waals surface area (Å²) in [6, 6.07) is 23.7. The van der Waals surface area contributed by atoms with Crippen molar-refractivity contribution < 1.29 is 0 Å². The molecular formula is C18H18. The van der Waals surface area contributed by atoms with Crippen molar-refractivity contribution in [1.29, 1.82) is 0 Å². The van der Waals surface area contributed by atoms with Crippen molar-refractivity contribution in [3.8, 4) is 11.1 Å². The van der Waals surface area contributed by atoms with Crippen LogP contribution in [0.1, 0.15) is 13.0 Å². The average molecular weight is 234 g/mol. The van der Waals surface area contributed by atoms with Crippen LogP contribution in [0.4, 0.5) is 0 Å². The number of fused-ring (bicyclic) bond motifs is 1. The minimum atomic E-state index is 0. The first-order chi connectivity index (χ1) is 8.34. The van der Waals surface area contributed by atoms with Crippen LogP contribution in [0.25, 0.3) is 21.9 Å². The van der Waals surface area contributed by atoms with Crippen molar-refractivity contribution in [2.24, 2.45) is 0 Å². The first kappa shape index (κ1) is 12.4. The fourth-order valence-corrected chi connectivity index (χ4v) is 2.27. The predicted octanol–water partition coefficient (Wildman–Crippen LogP) is 5.45. The van der Waals surface area contributed by atoms with Gasteiger partial charge in [-0.15, -0.1) is 0 Å². The van der Waals surface area contributed by atoms with E-state index < -0.39 is 0 Å². The Hall–Kier alpha value is -2.08. The van der Waals surface area contributed by atoms with Gasteiger partial charge < -0.3 is 0 Å². The third kappa shape index (κ3) is 2.14. The van der Waals surface area contributed by atoms with Crippen LogP contribution in [0, 0.1) is 6.92 Å². The number of benzene rings is 3. The molecule has 0 unspecified atom stereocenters. The Morgan fingerprint density at radius 2 is 1.50 bits per heavy atom. The molecule has 90 valence electrons. The minimum Gasteiger partial charge on any atom is -0.0776 e. The molecule has 0 heterocycles. The molecule has 0 fully saturated rings. The number of hydrogen-bond donors (Lipinski definition) is 0. The Kier molecular flexibility index (Phi) is 3.47. The SMILES string of the molecule is C.Cc1ccc2c(-c3ccccc3)cccc2c1. The van der Waals surface area contributed by atoms with Crippen LogP contribution in [0.15, 0.2) is 66.7 Å². The van der Waals surface area contributed by atoms with Crippen LogP contribution in [-0.2, 0) is 0 Å². The maximum absolute atomic E-state index is 2.24. The van der Waals surface area contributed by atoms with Crippen molar-refractivity contribution in [3.63, 3.8) is 0 Å². The summed E-state index contributed by atoms with van der Waals surface area (Å²) in [4.78, 5) is 0. The molecule has 0 bridgehead atoms. The second-order valence-corrected chi connectivity index (χ2v) is 4.40. The van der Waals surface area contributed by atoms with E-state index in [4.69, 9.17) is 0 Å². The lowest BCUT2D eigenvalue weighted by atomic mass is 9.97. The van der Waals surface area contributed by atoms with Gasteiger partial charge in [0.15, 0.2) is 0 Å². The maximum atomic E-state index is 2.24. The Balaban J connectivity index is 0.00000120. The molecule has 0 aliphatic heterocycles. The summed E-state index contributed by atoms with van der Waals surface area (Å²) in [5, 5.41) is 2.63. The number of rotatable bonds is 1. The highest BCUT2D eigenvalue weighted by Gasteiger charge is 2.02. The molecule has 0 spiro atoms. The van der Waals surface area contributed by atoms with Crippen molar-refractivity contribution in [2.45, 2.75) is 14.4 Å². The molecule has 0 N–H and O–H groups in total. The van der Waals surface area contributed by atoms with E-state index in [0.29, 0.717) is 0 Å². The van der Waals surface area contributed by atoms with Crippen LogP contribution in [0.2, 0.25) is 0 Å². The largest absolute Gasteiger partial charge is 0.0776 e. The van der Waals surface area contributed by atoms with E-state index in [9.17, 15) is 0 Å². The highest BCUT2D eigenvalue weighted by molar-refractivity contribution is 5.96. The summed E-state index contributed by atoms with van der Waals surface area (Å²) in [6.07, 6.45) is 0. The van der Waals surface area contributed by atoms with Crippen LogP contribution < -0.4 is 0 Å². The fourth-order valence-electron chi connectivity index (χ4n) is 2.27. The molecular weight excluding hydrogens is 216 g/mol. The van der Waals surface area contributed by atoms with Crippen molar-refractivity contribution >= 4 is 10.8 Å². The summed E-state index contributed by atoms with van der Waals surface area (Å²) in [5.41, 5.74) is 3.90. The molecule has 0 radical (unpaired) electrons. The van der Waals surface area contributed by atoms with E-state index in [-0.39, 0.29) is 7.43 Å². The van der Waals surface area contributed by atoms with Gasteiger partial charge >= 0.3 is 0 Å². The molecule has 3 aromatic carbocycles. The molecule has 0 nitrogen and oxygen atoms in total. The lowest BCUT2D eigenvalue weighted by Crippen LogP contribution is -1.81. The van der Waals surface area contributed by atoms with Gasteiger partial charge in [0, 0.05) is 0 Å². The first-order valence-corrected chi connectivity index (χ1v) is 5.89. The Bertz CT molecular complexity index is 651. The molecule has 0 saturated heterocycles. The molecule has 0 aliphatic carbocycles. The standard InChI is InChI=1S/C17H14.CH4/c1-13-10-11-17-15(12-13)8-5-9-16(17)14-6-3-2-4-7-14;/h2-12H,1H3;1H4. The van der Waals surface area contributed by atoms with Gasteiger partial charge in [0.25, 0.3) is 0 Å². The number of hydrogen-bond acceptors (Lipinski definition) is 0. The molecule has 3 aromatic rings. The maximum Gasteiger partial charge on any atom is -0.0105 e. The van der Waals surface area contributed by atoms with E-state index in [2.05, 4.69) is 73.7 Å². The fraction of sp³-hybridized carbons (Fsp3) is 0.111. The van der Waals surface area contributed by atoms with Crippen LogP contribution in [0.3, 0.4) is 0 Å². The summed E-state index contributed by atoms with van der Waals surface area (Å²) in [5.74, 6) is 0. The zero-order valence-electron chi connectivity index (χ0n) is 9.85. The van der Waals surface area contributed by atoms with Gasteiger partial charge in [-0.2, -0.15) is 0 Å². The van der Waals surface area contributed by atoms with E-state index in [1.807, 2.05) is 0 Å². The predicted molar refractivity (Wildman–Crippen MR) is 80.9 cm³/mol. The molecule has 3 rings (SSSR count). The Labute approximate surface area is 109 Å². The normalized spacial score (nSPS) is 10.1. The third-order valence-electron chi connectivity index (χ3n) is 3.12. The molecule has 0 saturated carbocycles. The first-order valence-electron chi connectivity index (χ1n) is 5.89. The zero-order chi connectivity index (χ0) is 11.7. The molecule has 0 aromatic heterocycles. The summed E-state index contributed by atoms with van der Waals surface area (Å²) in [6.45, 7) is 2.13. The van der Waals surface area contributed by atoms with Gasteiger partial charge in [-0.1, -0.05) is 79.7 Å². The summed E-state index contributed by atoms with van der Waals surface area (Å²) in [7, 11) is 0. The average Bonchev–Trinajstić information content (AvgIpc) is 2.39. The van der Waals surface area contributed by atoms with E-state index in [1.54, 1.807) is 0 Å². The van der Waals surface area contributed by atoms with Crippen molar-refractivity contribution in [2.75, 3.05) is 0 Å². The Morgan fingerprint density at radius 1 is 0.722 bits per heavy atom. The number of aryl methyl sites for hydroxylation is 1. The highest BCUT2D eigenvalue weighted by atomic mass is 14.1. The molecule has 18 heavy (non-hydrogen) atoms.